The van der Waals surface area contributed by atoms with Crippen molar-refractivity contribution in [3.63, 3.8) is 0 Å². The van der Waals surface area contributed by atoms with Crippen LogP contribution in [0, 0.1) is 0 Å². The summed E-state index contributed by atoms with van der Waals surface area (Å²) in [5.74, 6) is -1.67. The number of fused-ring (bicyclic) bond motifs is 13. The van der Waals surface area contributed by atoms with E-state index in [1.54, 1.807) is 12.1 Å². The molecule has 0 atom stereocenters. The van der Waals surface area contributed by atoms with Crippen molar-refractivity contribution in [2.45, 2.75) is 21.3 Å². The molecular weight excluding hydrogens is 1220 g/mol. The average Bonchev–Trinajstić information content (AvgIpc) is 4.41. The van der Waals surface area contributed by atoms with Gasteiger partial charge in [-0.2, -0.15) is 0 Å². The number of benzene rings is 12. The maximum atomic E-state index is 9.00. The Kier molecular flexibility index (Phi) is 17.8. The predicted octanol–water partition coefficient (Wildman–Crippen LogP) is 21.0. The minimum Gasteiger partial charge on any atom is -0.481 e. The third-order valence-corrected chi connectivity index (χ3v) is 15.6. The van der Waals surface area contributed by atoms with Crippen molar-refractivity contribution in [2.24, 2.45) is 0 Å². The second kappa shape index (κ2) is 25.1. The number of aliphatic carboxylic acids is 2. The van der Waals surface area contributed by atoms with E-state index in [4.69, 9.17) is 48.7 Å². The minimum absolute atomic E-state index is 0. The van der Waals surface area contributed by atoms with Crippen LogP contribution in [0.3, 0.4) is 0 Å². The van der Waals surface area contributed by atoms with Gasteiger partial charge in [-0.05, 0) is 137 Å². The second-order valence-electron chi connectivity index (χ2n) is 19.3. The van der Waals surface area contributed by atoms with Crippen molar-refractivity contribution in [3.05, 3.63) is 245 Å². The molecule has 0 radical (unpaired) electrons. The first kappa shape index (κ1) is 58.1. The Labute approximate surface area is 507 Å². The van der Waals surface area contributed by atoms with Gasteiger partial charge < -0.3 is 26.2 Å². The van der Waals surface area contributed by atoms with E-state index in [2.05, 4.69) is 208 Å². The maximum absolute atomic E-state index is 9.00. The molecule has 1 aromatic heterocycles. The van der Waals surface area contributed by atoms with E-state index in [1.807, 2.05) is 36.4 Å². The van der Waals surface area contributed by atoms with Gasteiger partial charge >= 0.3 is 0 Å². The predicted molar refractivity (Wildman–Crippen MR) is 346 cm³/mol. The number of carboxylic acids is 2. The molecule has 11 heteroatoms. The monoisotopic (exact) mass is 1270 g/mol. The van der Waals surface area contributed by atoms with E-state index in [9.17, 15) is 0 Å². The van der Waals surface area contributed by atoms with Gasteiger partial charge in [0.25, 0.3) is 11.9 Å². The quantitative estimate of drug-likeness (QED) is 0.0866. The number of nitrogens with one attached hydrogen (secondary N) is 2. The summed E-state index contributed by atoms with van der Waals surface area (Å²) in [5, 5.41) is 30.2. The van der Waals surface area contributed by atoms with Gasteiger partial charge in [-0.25, -0.2) is 0 Å². The Morgan fingerprint density at radius 3 is 1.30 bits per heavy atom. The number of hydrogen-bond acceptors (Lipinski definition) is 4. The van der Waals surface area contributed by atoms with Crippen LogP contribution in [0.2, 0.25) is 10.0 Å². The molecule has 3 aliphatic carbocycles. The summed E-state index contributed by atoms with van der Waals surface area (Å²) in [4.78, 5) is 21.6. The van der Waals surface area contributed by atoms with E-state index >= 15 is 0 Å². The number of hydrogen-bond donors (Lipinski definition) is 5. The van der Waals surface area contributed by atoms with Crippen molar-refractivity contribution in [2.75, 3.05) is 11.1 Å². The number of halogens is 3. The molecule has 0 unspecified atom stereocenters. The van der Waals surface area contributed by atoms with E-state index in [0.717, 1.165) is 30.2 Å². The largest absolute Gasteiger partial charge is 0.481 e. The third kappa shape index (κ3) is 11.3. The van der Waals surface area contributed by atoms with Gasteiger partial charge in [0, 0.05) is 71.5 Å². The van der Waals surface area contributed by atoms with Crippen molar-refractivity contribution in [1.82, 2.24) is 4.98 Å². The fraction of sp³-hybridized carbons (Fsp3) is 0.0423. The Morgan fingerprint density at radius 2 is 0.793 bits per heavy atom. The number of anilines is 3. The molecular formula is C71H54BrCl2N3O4Pd. The average molecular weight is 1270 g/mol. The number of carbonyl (C=O) groups is 2. The van der Waals surface area contributed by atoms with Crippen LogP contribution in [0.15, 0.2) is 235 Å². The van der Waals surface area contributed by atoms with Crippen LogP contribution in [0.4, 0.5) is 17.1 Å². The van der Waals surface area contributed by atoms with Gasteiger partial charge in [0.15, 0.2) is 0 Å². The minimum atomic E-state index is -0.833. The summed E-state index contributed by atoms with van der Waals surface area (Å²) in [5.41, 5.74) is 26.6. The molecule has 0 amide bonds. The Hall–Kier alpha value is -8.52. The van der Waals surface area contributed by atoms with Crippen molar-refractivity contribution >= 4 is 122 Å². The van der Waals surface area contributed by atoms with Gasteiger partial charge in [0.1, 0.15) is 0 Å². The summed E-state index contributed by atoms with van der Waals surface area (Å²) in [6.45, 7) is 2.17. The second-order valence-corrected chi connectivity index (χ2v) is 20.9. The number of carboxylic acid groups (broad SMARTS) is 2. The molecule has 0 bridgehead atoms. The molecule has 3 aliphatic rings. The summed E-state index contributed by atoms with van der Waals surface area (Å²) in [7, 11) is 0. The summed E-state index contributed by atoms with van der Waals surface area (Å²) in [6.07, 6.45) is 0. The van der Waals surface area contributed by atoms with Crippen molar-refractivity contribution in [1.29, 1.82) is 0 Å². The van der Waals surface area contributed by atoms with Gasteiger partial charge in [-0.1, -0.05) is 229 Å². The molecule has 0 spiro atoms. The van der Waals surface area contributed by atoms with E-state index < -0.39 is 11.9 Å². The van der Waals surface area contributed by atoms with E-state index in [-0.39, 0.29) is 27.8 Å². The van der Waals surface area contributed by atoms with E-state index in [1.165, 1.54) is 125 Å². The molecule has 82 heavy (non-hydrogen) atoms. The first-order valence-electron chi connectivity index (χ1n) is 25.8. The molecule has 6 N–H and O–H groups in total. The molecule has 7 nitrogen and oxygen atoms in total. The Bertz CT molecular complexity index is 4480. The van der Waals surface area contributed by atoms with Crippen molar-refractivity contribution in [3.8, 4) is 66.8 Å². The number of nitrogens with two attached hydrogens (primary N) is 1. The Morgan fingerprint density at radius 1 is 0.415 bits per heavy atom. The topological polar surface area (TPSA) is 128 Å². The first-order valence-corrected chi connectivity index (χ1v) is 27.4. The van der Waals surface area contributed by atoms with Gasteiger partial charge in [-0.15, -0.1) is 0 Å². The van der Waals surface area contributed by atoms with Crippen LogP contribution in [-0.4, -0.2) is 27.1 Å². The number of rotatable bonds is 2. The number of aromatic nitrogens is 1. The fourth-order valence-corrected chi connectivity index (χ4v) is 11.8. The fourth-order valence-electron chi connectivity index (χ4n) is 11.1. The van der Waals surface area contributed by atoms with Gasteiger partial charge in [0.05, 0.1) is 26.9 Å². The molecule has 16 rings (SSSR count). The van der Waals surface area contributed by atoms with Crippen molar-refractivity contribution < 1.29 is 40.2 Å². The molecule has 0 saturated heterocycles. The molecule has 0 saturated carbocycles. The number of H-pyrrole nitrogens is 1. The maximum Gasteiger partial charge on any atom is 0.300 e. The zero-order valence-corrected chi connectivity index (χ0v) is 48.3. The molecule has 0 fully saturated rings. The standard InChI is InChI=1S/C22H14ClN.C22H13N.C16H9Br.C6H6ClN.2C2H4O2.CH4.Pd/c23-19-10-3-4-11-21(19)24-20-13-12-17-15-7-2-1-6-14(15)16-8-5-9-18(20)22(16)17;1-2-7-14-13(6-1)16-9-5-10-17-21(16)18(14)12-19-15-8-3-4-11-20(15)23-22(17)19;17-15-9-8-13-11-5-2-1-4-10(11)12-6-3-7-14(15)16(12)13;7-5-3-1-2-4-6(5)8;2*1-2(3)4;;/h1-13,24H;1-12,23H;1-9H;1-4H,8H2;2*1H3,(H,3,4);1H4;. The van der Waals surface area contributed by atoms with Crippen LogP contribution >= 0.6 is 39.1 Å². The van der Waals surface area contributed by atoms with Gasteiger partial charge in [0.2, 0.25) is 0 Å². The number of aromatic amines is 1. The van der Waals surface area contributed by atoms with Crippen LogP contribution in [0.1, 0.15) is 21.3 Å². The summed E-state index contributed by atoms with van der Waals surface area (Å²) in [6, 6.07) is 80.4. The van der Waals surface area contributed by atoms with Crippen LogP contribution in [0.5, 0.6) is 0 Å². The molecule has 13 aromatic rings. The smallest absolute Gasteiger partial charge is 0.300 e. The third-order valence-electron chi connectivity index (χ3n) is 14.2. The Balaban J connectivity index is 0.000000131. The van der Waals surface area contributed by atoms with Crippen LogP contribution < -0.4 is 11.1 Å². The SMILES string of the molecule is Brc1ccc2c3c(cccc13)-c1ccccc1-2.C.CC(=O)O.CC(=O)O.Clc1ccccc1Nc1ccc2c3c(cccc13)-c1ccccc1-2.Nc1ccccc1Cl.[Pd].c1ccc2c(c1)-c1cccc3c1c-2cc1c2ccccc2[nH]c31. The zero-order valence-electron chi connectivity index (χ0n) is 43.7. The molecule has 408 valence electrons. The van der Waals surface area contributed by atoms with E-state index in [0.29, 0.717) is 10.7 Å². The summed E-state index contributed by atoms with van der Waals surface area (Å²) >= 11 is 15.5. The number of nitrogen functional groups attached to an aromatic ring is 1. The van der Waals surface area contributed by atoms with Crippen LogP contribution in [-0.2, 0) is 30.0 Å². The zero-order chi connectivity index (χ0) is 55.6. The molecule has 0 aliphatic heterocycles. The number of para-hydroxylation sites is 3. The normalized spacial score (nSPS) is 10.8. The first-order chi connectivity index (χ1) is 38.9. The molecule has 12 aromatic carbocycles. The van der Waals surface area contributed by atoms with Gasteiger partial charge in [-0.3, -0.25) is 9.59 Å². The summed E-state index contributed by atoms with van der Waals surface area (Å²) < 4.78 is 1.17. The molecule has 1 heterocycles. The van der Waals surface area contributed by atoms with Crippen LogP contribution in [0.25, 0.3) is 121 Å².